The van der Waals surface area contributed by atoms with Crippen LogP contribution in [0.1, 0.15) is 5.56 Å². The third kappa shape index (κ3) is 5.56. The van der Waals surface area contributed by atoms with E-state index in [0.29, 0.717) is 27.0 Å². The molecule has 0 saturated carbocycles. The molecule has 1 amide bonds. The van der Waals surface area contributed by atoms with Gasteiger partial charge in [0.25, 0.3) is 0 Å². The van der Waals surface area contributed by atoms with E-state index in [1.807, 2.05) is 0 Å². The molecule has 0 saturated heterocycles. The lowest BCUT2D eigenvalue weighted by Gasteiger charge is -2.06. The average molecular weight is 385 g/mol. The molecule has 0 fully saturated rings. The van der Waals surface area contributed by atoms with Crippen LogP contribution in [-0.2, 0) is 14.8 Å². The molecule has 0 unspecified atom stereocenters. The van der Waals surface area contributed by atoms with E-state index in [-0.39, 0.29) is 5.91 Å². The summed E-state index contributed by atoms with van der Waals surface area (Å²) in [4.78, 5) is 11.9. The molecule has 0 aliphatic rings. The molecule has 0 aliphatic heterocycles. The summed E-state index contributed by atoms with van der Waals surface area (Å²) in [7, 11) is -3.33. The summed E-state index contributed by atoms with van der Waals surface area (Å²) < 4.78 is 24.6. The fourth-order valence-electron chi connectivity index (χ4n) is 1.83. The molecule has 2 aromatic rings. The number of sulfonamides is 1. The topological polar surface area (TPSA) is 75.3 Å². The lowest BCUT2D eigenvalue weighted by molar-refractivity contribution is -0.111. The van der Waals surface area contributed by atoms with Crippen LogP contribution in [0.15, 0.2) is 48.5 Å². The third-order valence-corrected chi connectivity index (χ3v) is 4.29. The molecule has 0 spiro atoms. The molecule has 5 nitrogen and oxygen atoms in total. The van der Waals surface area contributed by atoms with E-state index in [2.05, 4.69) is 10.0 Å². The lowest BCUT2D eigenvalue weighted by atomic mass is 10.2. The summed E-state index contributed by atoms with van der Waals surface area (Å²) in [6, 6.07) is 11.4. The Kier molecular flexibility index (Phi) is 5.88. The Labute approximate surface area is 150 Å². The van der Waals surface area contributed by atoms with Crippen molar-refractivity contribution < 1.29 is 13.2 Å². The molecule has 2 rings (SSSR count). The minimum atomic E-state index is -3.33. The zero-order valence-electron chi connectivity index (χ0n) is 12.6. The van der Waals surface area contributed by atoms with Crippen molar-refractivity contribution in [3.8, 4) is 0 Å². The van der Waals surface area contributed by atoms with E-state index in [4.69, 9.17) is 23.2 Å². The van der Waals surface area contributed by atoms with Gasteiger partial charge in [-0.1, -0.05) is 35.3 Å². The maximum Gasteiger partial charge on any atom is 0.248 e. The number of hydrogen-bond acceptors (Lipinski definition) is 3. The van der Waals surface area contributed by atoms with Crippen molar-refractivity contribution >= 4 is 56.6 Å². The molecular weight excluding hydrogens is 371 g/mol. The van der Waals surface area contributed by atoms with Crippen LogP contribution in [0.5, 0.6) is 0 Å². The van der Waals surface area contributed by atoms with Gasteiger partial charge in [-0.15, -0.1) is 0 Å². The molecule has 0 bridgehead atoms. The first-order valence-electron chi connectivity index (χ1n) is 6.75. The number of carbonyl (C=O) groups excluding carboxylic acids is 1. The summed E-state index contributed by atoms with van der Waals surface area (Å²) in [6.07, 6.45) is 3.96. The number of benzene rings is 2. The predicted octanol–water partition coefficient (Wildman–Crippen LogP) is 4.02. The lowest BCUT2D eigenvalue weighted by Crippen LogP contribution is -2.10. The van der Waals surface area contributed by atoms with Crippen LogP contribution in [0.3, 0.4) is 0 Å². The molecule has 8 heteroatoms. The van der Waals surface area contributed by atoms with Crippen molar-refractivity contribution in [2.45, 2.75) is 0 Å². The zero-order valence-corrected chi connectivity index (χ0v) is 14.9. The van der Waals surface area contributed by atoms with E-state index < -0.39 is 10.0 Å². The molecular formula is C16H14Cl2N2O3S. The number of rotatable bonds is 5. The molecule has 2 N–H and O–H groups in total. The second kappa shape index (κ2) is 7.70. The van der Waals surface area contributed by atoms with Gasteiger partial charge in [-0.3, -0.25) is 9.52 Å². The van der Waals surface area contributed by atoms with E-state index >= 15 is 0 Å². The largest absolute Gasteiger partial charge is 0.323 e. The number of amides is 1. The third-order valence-electron chi connectivity index (χ3n) is 2.85. The van der Waals surface area contributed by atoms with Gasteiger partial charge >= 0.3 is 0 Å². The van der Waals surface area contributed by atoms with Crippen molar-refractivity contribution in [2.24, 2.45) is 0 Å². The van der Waals surface area contributed by atoms with Gasteiger partial charge in [0, 0.05) is 17.5 Å². The summed E-state index contributed by atoms with van der Waals surface area (Å²) in [5.41, 5.74) is 1.57. The molecule has 0 heterocycles. The number of anilines is 2. The molecule has 24 heavy (non-hydrogen) atoms. The Bertz CT molecular complexity index is 879. The first-order chi connectivity index (χ1) is 11.2. The summed E-state index contributed by atoms with van der Waals surface area (Å²) in [5.74, 6) is -0.352. The van der Waals surface area contributed by atoms with Crippen LogP contribution in [-0.4, -0.2) is 20.6 Å². The molecule has 126 valence electrons. The highest BCUT2D eigenvalue weighted by molar-refractivity contribution is 7.92. The van der Waals surface area contributed by atoms with E-state index in [1.165, 1.54) is 6.08 Å². The number of halogens is 2. The van der Waals surface area contributed by atoms with Gasteiger partial charge < -0.3 is 5.32 Å². The average Bonchev–Trinajstić information content (AvgIpc) is 2.49. The first kappa shape index (κ1) is 18.3. The van der Waals surface area contributed by atoms with Crippen LogP contribution in [0.2, 0.25) is 10.0 Å². The maximum atomic E-state index is 11.9. The molecule has 0 aromatic heterocycles. The van der Waals surface area contributed by atoms with Gasteiger partial charge in [0.2, 0.25) is 15.9 Å². The van der Waals surface area contributed by atoms with Gasteiger partial charge in [-0.2, -0.15) is 0 Å². The number of carbonyl (C=O) groups is 1. The van der Waals surface area contributed by atoms with Crippen LogP contribution < -0.4 is 10.0 Å². The fraction of sp³-hybridized carbons (Fsp3) is 0.0625. The van der Waals surface area contributed by atoms with Gasteiger partial charge in [0.05, 0.1) is 16.3 Å². The second-order valence-corrected chi connectivity index (χ2v) is 7.45. The summed E-state index contributed by atoms with van der Waals surface area (Å²) in [6.45, 7) is 0. The molecule has 0 radical (unpaired) electrons. The highest BCUT2D eigenvalue weighted by atomic mass is 35.5. The van der Waals surface area contributed by atoms with Gasteiger partial charge in [0.1, 0.15) is 0 Å². The smallest absolute Gasteiger partial charge is 0.248 e. The minimum absolute atomic E-state index is 0.352. The highest BCUT2D eigenvalue weighted by Gasteiger charge is 2.04. The Hall–Kier alpha value is -2.02. The van der Waals surface area contributed by atoms with E-state index in [1.54, 1.807) is 48.5 Å². The standard InChI is InChI=1S/C16H14Cl2N2O3S/c1-24(22,23)20-13-8-6-12(7-9-13)19-15(21)10-5-11-3-2-4-14(17)16(11)18/h2-10,20H,1H3,(H,19,21)/b10-5+. The van der Waals surface area contributed by atoms with Crippen LogP contribution >= 0.6 is 23.2 Å². The van der Waals surface area contributed by atoms with Crippen molar-refractivity contribution in [3.63, 3.8) is 0 Å². The monoisotopic (exact) mass is 384 g/mol. The highest BCUT2D eigenvalue weighted by Crippen LogP contribution is 2.26. The minimum Gasteiger partial charge on any atom is -0.323 e. The van der Waals surface area contributed by atoms with Gasteiger partial charge in [-0.25, -0.2) is 8.42 Å². The number of hydrogen-bond donors (Lipinski definition) is 2. The normalized spacial score (nSPS) is 11.5. The van der Waals surface area contributed by atoms with E-state index in [0.717, 1.165) is 6.26 Å². The maximum absolute atomic E-state index is 11.9. The van der Waals surface area contributed by atoms with E-state index in [9.17, 15) is 13.2 Å². The van der Waals surface area contributed by atoms with Crippen molar-refractivity contribution in [1.82, 2.24) is 0 Å². The van der Waals surface area contributed by atoms with Crippen molar-refractivity contribution in [1.29, 1.82) is 0 Å². The second-order valence-electron chi connectivity index (χ2n) is 4.92. The van der Waals surface area contributed by atoms with Crippen LogP contribution in [0.4, 0.5) is 11.4 Å². The summed E-state index contributed by atoms with van der Waals surface area (Å²) in [5, 5.41) is 3.44. The molecule has 0 aliphatic carbocycles. The molecule has 0 atom stereocenters. The summed E-state index contributed by atoms with van der Waals surface area (Å²) >= 11 is 11.9. The van der Waals surface area contributed by atoms with Gasteiger partial charge in [-0.05, 0) is 42.0 Å². The van der Waals surface area contributed by atoms with Crippen LogP contribution in [0, 0.1) is 0 Å². The fourth-order valence-corrected chi connectivity index (χ4v) is 2.77. The van der Waals surface area contributed by atoms with Crippen LogP contribution in [0.25, 0.3) is 6.08 Å². The van der Waals surface area contributed by atoms with Crippen molar-refractivity contribution in [2.75, 3.05) is 16.3 Å². The molecule has 2 aromatic carbocycles. The first-order valence-corrected chi connectivity index (χ1v) is 9.40. The quantitative estimate of drug-likeness (QED) is 0.764. The Morgan fingerprint density at radius 1 is 1.04 bits per heavy atom. The zero-order chi connectivity index (χ0) is 17.7. The predicted molar refractivity (Wildman–Crippen MR) is 99.0 cm³/mol. The van der Waals surface area contributed by atoms with Crippen molar-refractivity contribution in [3.05, 3.63) is 64.1 Å². The SMILES string of the molecule is CS(=O)(=O)Nc1ccc(NC(=O)/C=C/c2cccc(Cl)c2Cl)cc1. The Balaban J connectivity index is 2.02. The Morgan fingerprint density at radius 3 is 2.29 bits per heavy atom. The number of nitrogens with one attached hydrogen (secondary N) is 2. The Morgan fingerprint density at radius 2 is 1.67 bits per heavy atom. The van der Waals surface area contributed by atoms with Gasteiger partial charge in [0.15, 0.2) is 0 Å².